The number of nitrogens with one attached hydrogen (secondary N) is 1. The van der Waals surface area contributed by atoms with Gasteiger partial charge in [-0.1, -0.05) is 56.5 Å². The lowest BCUT2D eigenvalue weighted by Crippen LogP contribution is -2.43. The molecule has 1 amide bonds. The number of amides is 1. The summed E-state index contributed by atoms with van der Waals surface area (Å²) in [6.45, 7) is 4.36. The average Bonchev–Trinajstić information content (AvgIpc) is 3.08. The molecule has 1 aromatic heterocycles. The van der Waals surface area contributed by atoms with Gasteiger partial charge in [0, 0.05) is 11.1 Å². The van der Waals surface area contributed by atoms with E-state index < -0.39 is 9.84 Å². The summed E-state index contributed by atoms with van der Waals surface area (Å²) in [7, 11) is -3.48. The van der Waals surface area contributed by atoms with Crippen molar-refractivity contribution >= 4 is 27.3 Å². The molecule has 2 aromatic rings. The number of hydrogen-bond donors (Lipinski definition) is 1. The van der Waals surface area contributed by atoms with E-state index in [1.165, 1.54) is 12.5 Å². The maximum Gasteiger partial charge on any atom is 0.287 e. The molecule has 0 saturated heterocycles. The first kappa shape index (κ1) is 20.9. The van der Waals surface area contributed by atoms with Gasteiger partial charge in [0.05, 0.1) is 5.75 Å². The summed E-state index contributed by atoms with van der Waals surface area (Å²) in [6.07, 6.45) is 3.24. The van der Waals surface area contributed by atoms with Gasteiger partial charge in [-0.25, -0.2) is 8.42 Å². The van der Waals surface area contributed by atoms with Crippen LogP contribution in [0.4, 0.5) is 0 Å². The fourth-order valence-corrected chi connectivity index (χ4v) is 5.42. The zero-order valence-electron chi connectivity index (χ0n) is 16.2. The van der Waals surface area contributed by atoms with Gasteiger partial charge in [0.2, 0.25) is 0 Å². The van der Waals surface area contributed by atoms with Gasteiger partial charge in [-0.15, -0.1) is 0 Å². The first-order chi connectivity index (χ1) is 13.2. The zero-order chi connectivity index (χ0) is 20.3. The average molecular weight is 424 g/mol. The van der Waals surface area contributed by atoms with Crippen molar-refractivity contribution < 1.29 is 17.6 Å². The lowest BCUT2D eigenvalue weighted by atomic mass is 9.78. The monoisotopic (exact) mass is 423 g/mol. The van der Waals surface area contributed by atoms with Crippen molar-refractivity contribution in [3.8, 4) is 0 Å². The van der Waals surface area contributed by atoms with Crippen LogP contribution in [0.5, 0.6) is 0 Å². The minimum Gasteiger partial charge on any atom is -0.455 e. The Bertz CT molecular complexity index is 937. The summed E-state index contributed by atoms with van der Waals surface area (Å²) >= 11 is 6.05. The SMILES string of the molecule is CC1CCCC(NC(=O)c2ccc(CS(=O)(=O)Cc3ccccc3Cl)o2)C1C. The number of rotatable bonds is 6. The Morgan fingerprint density at radius 2 is 1.89 bits per heavy atom. The molecule has 152 valence electrons. The van der Waals surface area contributed by atoms with E-state index >= 15 is 0 Å². The van der Waals surface area contributed by atoms with Crippen LogP contribution in [0.25, 0.3) is 0 Å². The van der Waals surface area contributed by atoms with E-state index in [4.69, 9.17) is 16.0 Å². The Hall–Kier alpha value is -1.79. The molecule has 7 heteroatoms. The molecule has 1 aromatic carbocycles. The van der Waals surface area contributed by atoms with Crippen molar-refractivity contribution in [1.29, 1.82) is 0 Å². The Morgan fingerprint density at radius 3 is 2.64 bits per heavy atom. The molecule has 0 bridgehead atoms. The van der Waals surface area contributed by atoms with Crippen molar-refractivity contribution in [3.05, 3.63) is 58.5 Å². The second kappa shape index (κ2) is 8.70. The molecule has 1 aliphatic rings. The van der Waals surface area contributed by atoms with Crippen molar-refractivity contribution in [2.45, 2.75) is 50.7 Å². The molecule has 1 saturated carbocycles. The summed E-state index contributed by atoms with van der Waals surface area (Å²) in [5.74, 6) is 0.634. The van der Waals surface area contributed by atoms with Crippen LogP contribution in [0.3, 0.4) is 0 Å². The molecule has 1 aliphatic carbocycles. The third-order valence-corrected chi connectivity index (χ3v) is 7.45. The number of hydrogen-bond acceptors (Lipinski definition) is 4. The molecule has 3 unspecified atom stereocenters. The quantitative estimate of drug-likeness (QED) is 0.736. The predicted molar refractivity (Wildman–Crippen MR) is 110 cm³/mol. The summed E-state index contributed by atoms with van der Waals surface area (Å²) in [5.41, 5.74) is 0.550. The van der Waals surface area contributed by atoms with Crippen LogP contribution in [0.15, 0.2) is 40.8 Å². The van der Waals surface area contributed by atoms with E-state index in [0.717, 1.165) is 12.8 Å². The largest absolute Gasteiger partial charge is 0.455 e. The molecule has 28 heavy (non-hydrogen) atoms. The molecule has 0 spiro atoms. The summed E-state index contributed by atoms with van der Waals surface area (Å²) in [4.78, 5) is 12.5. The van der Waals surface area contributed by atoms with Crippen molar-refractivity contribution in [1.82, 2.24) is 5.32 Å². The zero-order valence-corrected chi connectivity index (χ0v) is 17.7. The van der Waals surface area contributed by atoms with Gasteiger partial charge in [0.15, 0.2) is 15.6 Å². The summed E-state index contributed by atoms with van der Waals surface area (Å²) < 4.78 is 30.5. The maximum absolute atomic E-state index is 12.5. The number of benzene rings is 1. The maximum atomic E-state index is 12.5. The van der Waals surface area contributed by atoms with E-state index in [2.05, 4.69) is 19.2 Å². The molecule has 0 radical (unpaired) electrons. The minimum absolute atomic E-state index is 0.119. The van der Waals surface area contributed by atoms with E-state index in [9.17, 15) is 13.2 Å². The number of carbonyl (C=O) groups excluding carboxylic acids is 1. The molecular formula is C21H26ClNO4S. The molecule has 1 heterocycles. The van der Waals surface area contributed by atoms with Crippen LogP contribution in [-0.4, -0.2) is 20.4 Å². The van der Waals surface area contributed by atoms with Gasteiger partial charge in [-0.2, -0.15) is 0 Å². The number of furan rings is 1. The Kier molecular flexibility index (Phi) is 6.50. The Morgan fingerprint density at radius 1 is 1.14 bits per heavy atom. The Balaban J connectivity index is 1.63. The van der Waals surface area contributed by atoms with E-state index in [1.54, 1.807) is 30.3 Å². The van der Waals surface area contributed by atoms with E-state index in [0.29, 0.717) is 22.4 Å². The normalized spacial score (nSPS) is 22.8. The third kappa shape index (κ3) is 5.17. The van der Waals surface area contributed by atoms with E-state index in [-0.39, 0.29) is 35.0 Å². The Labute approximate surface area is 171 Å². The van der Waals surface area contributed by atoms with Crippen LogP contribution in [0.1, 0.15) is 55.0 Å². The first-order valence-corrected chi connectivity index (χ1v) is 11.8. The van der Waals surface area contributed by atoms with Crippen LogP contribution in [0, 0.1) is 11.8 Å². The summed E-state index contributed by atoms with van der Waals surface area (Å²) in [5, 5.41) is 3.46. The second-order valence-electron chi connectivity index (χ2n) is 7.74. The van der Waals surface area contributed by atoms with Crippen molar-refractivity contribution in [2.24, 2.45) is 11.8 Å². The highest BCUT2D eigenvalue weighted by atomic mass is 35.5. The van der Waals surface area contributed by atoms with Gasteiger partial charge >= 0.3 is 0 Å². The predicted octanol–water partition coefficient (Wildman–Crippen LogP) is 4.60. The van der Waals surface area contributed by atoms with Crippen LogP contribution < -0.4 is 5.32 Å². The number of halogens is 1. The van der Waals surface area contributed by atoms with Gasteiger partial charge in [0.1, 0.15) is 11.5 Å². The molecule has 3 atom stereocenters. The fraction of sp³-hybridized carbons (Fsp3) is 0.476. The summed E-state index contributed by atoms with van der Waals surface area (Å²) in [6, 6.07) is 10.1. The lowest BCUT2D eigenvalue weighted by Gasteiger charge is -2.34. The van der Waals surface area contributed by atoms with Gasteiger partial charge in [-0.05, 0) is 42.0 Å². The molecular weight excluding hydrogens is 398 g/mol. The molecule has 0 aliphatic heterocycles. The van der Waals surface area contributed by atoms with Crippen LogP contribution in [0.2, 0.25) is 5.02 Å². The highest BCUT2D eigenvalue weighted by Gasteiger charge is 2.29. The smallest absolute Gasteiger partial charge is 0.287 e. The standard InChI is InChI=1S/C21H26ClNO4S/c1-14-6-5-9-19(15(14)2)23-21(24)20-11-10-17(27-20)13-28(25,26)12-16-7-3-4-8-18(16)22/h3-4,7-8,10-11,14-15,19H,5-6,9,12-13H2,1-2H3,(H,23,24). The van der Waals surface area contributed by atoms with Gasteiger partial charge < -0.3 is 9.73 Å². The first-order valence-electron chi connectivity index (χ1n) is 9.58. The van der Waals surface area contributed by atoms with Crippen molar-refractivity contribution in [2.75, 3.05) is 0 Å². The highest BCUT2D eigenvalue weighted by Crippen LogP contribution is 2.29. The number of carbonyl (C=O) groups is 1. The topological polar surface area (TPSA) is 76.4 Å². The fourth-order valence-electron chi connectivity index (χ4n) is 3.72. The second-order valence-corrected chi connectivity index (χ2v) is 10.2. The van der Waals surface area contributed by atoms with Crippen LogP contribution >= 0.6 is 11.6 Å². The van der Waals surface area contributed by atoms with E-state index in [1.807, 2.05) is 0 Å². The van der Waals surface area contributed by atoms with Crippen molar-refractivity contribution in [3.63, 3.8) is 0 Å². The van der Waals surface area contributed by atoms with Gasteiger partial charge in [0.25, 0.3) is 5.91 Å². The van der Waals surface area contributed by atoms with Crippen LogP contribution in [-0.2, 0) is 21.3 Å². The third-order valence-electron chi connectivity index (χ3n) is 5.60. The molecule has 1 fully saturated rings. The molecule has 5 nitrogen and oxygen atoms in total. The highest BCUT2D eigenvalue weighted by molar-refractivity contribution is 7.89. The lowest BCUT2D eigenvalue weighted by molar-refractivity contribution is 0.0861. The van der Waals surface area contributed by atoms with Gasteiger partial charge in [-0.3, -0.25) is 4.79 Å². The molecule has 1 N–H and O–H groups in total. The minimum atomic E-state index is -3.48. The number of sulfone groups is 1. The molecule has 3 rings (SSSR count).